The first-order valence-corrected chi connectivity index (χ1v) is 12.6. The number of nitrogens with zero attached hydrogens (tertiary/aromatic N) is 7. The molecule has 6 aromatic rings. The summed E-state index contributed by atoms with van der Waals surface area (Å²) < 4.78 is 1.92. The molecule has 1 saturated heterocycles. The second kappa shape index (κ2) is 8.87. The van der Waals surface area contributed by atoms with Gasteiger partial charge in [0.2, 0.25) is 0 Å². The Morgan fingerprint density at radius 2 is 1.70 bits per heavy atom. The number of imidazole rings is 1. The van der Waals surface area contributed by atoms with Crippen LogP contribution in [0.5, 0.6) is 0 Å². The van der Waals surface area contributed by atoms with Gasteiger partial charge in [0.1, 0.15) is 0 Å². The maximum atomic E-state index is 4.95. The molecule has 0 bridgehead atoms. The average Bonchev–Trinajstić information content (AvgIpc) is 3.33. The second-order valence-electron chi connectivity index (χ2n) is 9.52. The highest BCUT2D eigenvalue weighted by atomic mass is 15.3. The monoisotopic (exact) mass is 483 g/mol. The molecule has 0 radical (unpaired) electrons. The standard InChI is InChI=1S/C30H25N7/c1-20-25(22-8-6-21(7-9-22)19-36-15-4-16-36)17-29-33-18-28(37(29)35-20)23-12-14-32-30-24(23)10-11-27(34-30)26-5-2-3-13-31-26/h2-3,5-14,17-18H,4,15-16,19H2,1H3. The van der Waals surface area contributed by atoms with Gasteiger partial charge in [-0.05, 0) is 74.0 Å². The van der Waals surface area contributed by atoms with Crippen molar-refractivity contribution in [3.63, 3.8) is 0 Å². The SMILES string of the molecule is Cc1nn2c(-c3ccnc4nc(-c5ccccn5)ccc34)cnc2cc1-c1ccc(CN2CCC2)cc1. The van der Waals surface area contributed by atoms with Gasteiger partial charge in [0, 0.05) is 35.5 Å². The summed E-state index contributed by atoms with van der Waals surface area (Å²) in [5.41, 5.74) is 9.56. The number of aryl methyl sites for hydroxylation is 1. The van der Waals surface area contributed by atoms with E-state index in [4.69, 9.17) is 15.1 Å². The van der Waals surface area contributed by atoms with Gasteiger partial charge in [-0.15, -0.1) is 0 Å². The van der Waals surface area contributed by atoms with Gasteiger partial charge in [-0.2, -0.15) is 5.10 Å². The van der Waals surface area contributed by atoms with Gasteiger partial charge in [-0.1, -0.05) is 30.3 Å². The molecule has 1 aromatic carbocycles. The molecule has 0 spiro atoms. The topological polar surface area (TPSA) is 72.1 Å². The van der Waals surface area contributed by atoms with Crippen LogP contribution in [0.4, 0.5) is 0 Å². The third kappa shape index (κ3) is 3.93. The lowest BCUT2D eigenvalue weighted by Gasteiger charge is -2.30. The molecule has 37 heavy (non-hydrogen) atoms. The summed E-state index contributed by atoms with van der Waals surface area (Å²) in [6.45, 7) is 5.49. The number of benzene rings is 1. The van der Waals surface area contributed by atoms with Gasteiger partial charge in [-0.25, -0.2) is 19.5 Å². The fourth-order valence-corrected chi connectivity index (χ4v) is 4.97. The Hall–Kier alpha value is -4.49. The molecule has 0 unspecified atom stereocenters. The van der Waals surface area contributed by atoms with Crippen molar-refractivity contribution < 1.29 is 0 Å². The Bertz CT molecular complexity index is 1740. The number of hydrogen-bond donors (Lipinski definition) is 0. The van der Waals surface area contributed by atoms with E-state index in [-0.39, 0.29) is 0 Å². The Morgan fingerprint density at radius 3 is 2.49 bits per heavy atom. The Kier molecular flexibility index (Phi) is 5.22. The first kappa shape index (κ1) is 21.8. The molecule has 0 saturated carbocycles. The zero-order chi connectivity index (χ0) is 24.8. The molecule has 1 aliphatic rings. The smallest absolute Gasteiger partial charge is 0.160 e. The van der Waals surface area contributed by atoms with Crippen molar-refractivity contribution in [2.24, 2.45) is 0 Å². The molecule has 5 aromatic heterocycles. The summed E-state index contributed by atoms with van der Waals surface area (Å²) in [4.78, 5) is 20.9. The first-order valence-electron chi connectivity index (χ1n) is 12.6. The molecule has 1 fully saturated rings. The number of hydrogen-bond acceptors (Lipinski definition) is 6. The van der Waals surface area contributed by atoms with E-state index in [1.165, 1.54) is 25.1 Å². The van der Waals surface area contributed by atoms with E-state index in [0.717, 1.165) is 57.0 Å². The summed E-state index contributed by atoms with van der Waals surface area (Å²) in [6, 6.07) is 22.8. The lowest BCUT2D eigenvalue weighted by atomic mass is 10.0. The van der Waals surface area contributed by atoms with Crippen LogP contribution in [0, 0.1) is 6.92 Å². The molecule has 7 nitrogen and oxygen atoms in total. The van der Waals surface area contributed by atoms with Crippen molar-refractivity contribution in [2.45, 2.75) is 19.9 Å². The van der Waals surface area contributed by atoms with Gasteiger partial charge in [0.25, 0.3) is 0 Å². The molecule has 6 heterocycles. The molecule has 7 heteroatoms. The zero-order valence-electron chi connectivity index (χ0n) is 20.5. The molecular weight excluding hydrogens is 458 g/mol. The maximum Gasteiger partial charge on any atom is 0.160 e. The van der Waals surface area contributed by atoms with Crippen LogP contribution in [0.2, 0.25) is 0 Å². The van der Waals surface area contributed by atoms with E-state index in [1.807, 2.05) is 41.0 Å². The van der Waals surface area contributed by atoms with Crippen molar-refractivity contribution in [2.75, 3.05) is 13.1 Å². The van der Waals surface area contributed by atoms with Gasteiger partial charge in [-0.3, -0.25) is 9.88 Å². The molecule has 0 aliphatic carbocycles. The Morgan fingerprint density at radius 1 is 0.811 bits per heavy atom. The summed E-state index contributed by atoms with van der Waals surface area (Å²) in [5, 5.41) is 5.90. The van der Waals surface area contributed by atoms with Crippen LogP contribution in [-0.2, 0) is 6.54 Å². The molecule has 0 atom stereocenters. The largest absolute Gasteiger partial charge is 0.299 e. The highest BCUT2D eigenvalue weighted by Gasteiger charge is 2.16. The minimum absolute atomic E-state index is 0.669. The van der Waals surface area contributed by atoms with Crippen molar-refractivity contribution in [1.82, 2.24) is 34.4 Å². The number of rotatable bonds is 5. The van der Waals surface area contributed by atoms with Crippen molar-refractivity contribution in [1.29, 1.82) is 0 Å². The van der Waals surface area contributed by atoms with Gasteiger partial charge in [0.15, 0.2) is 11.3 Å². The van der Waals surface area contributed by atoms with E-state index in [0.29, 0.717) is 5.65 Å². The van der Waals surface area contributed by atoms with Crippen LogP contribution in [0.3, 0.4) is 0 Å². The predicted octanol–water partition coefficient (Wildman–Crippen LogP) is 5.58. The second-order valence-corrected chi connectivity index (χ2v) is 9.52. The van der Waals surface area contributed by atoms with Crippen LogP contribution in [0.25, 0.3) is 50.5 Å². The molecule has 7 rings (SSSR count). The van der Waals surface area contributed by atoms with Gasteiger partial charge in [0.05, 0.1) is 29.0 Å². The Labute approximate surface area is 214 Å². The van der Waals surface area contributed by atoms with Crippen molar-refractivity contribution in [3.8, 4) is 33.8 Å². The van der Waals surface area contributed by atoms with Crippen LogP contribution in [0.1, 0.15) is 17.7 Å². The minimum Gasteiger partial charge on any atom is -0.299 e. The fraction of sp³-hybridized carbons (Fsp3) is 0.167. The molecule has 1 aliphatic heterocycles. The lowest BCUT2D eigenvalue weighted by molar-refractivity contribution is 0.172. The van der Waals surface area contributed by atoms with Crippen LogP contribution in [-0.4, -0.2) is 47.5 Å². The molecule has 0 amide bonds. The highest BCUT2D eigenvalue weighted by Crippen LogP contribution is 2.31. The van der Waals surface area contributed by atoms with Gasteiger partial charge < -0.3 is 0 Å². The van der Waals surface area contributed by atoms with Crippen molar-refractivity contribution >= 4 is 16.7 Å². The van der Waals surface area contributed by atoms with Crippen LogP contribution in [0.15, 0.2) is 85.3 Å². The third-order valence-electron chi connectivity index (χ3n) is 7.10. The van der Waals surface area contributed by atoms with E-state index in [2.05, 4.69) is 58.2 Å². The minimum atomic E-state index is 0.669. The van der Waals surface area contributed by atoms with Gasteiger partial charge >= 0.3 is 0 Å². The maximum absolute atomic E-state index is 4.95. The number of pyridine rings is 3. The van der Waals surface area contributed by atoms with Crippen molar-refractivity contribution in [3.05, 3.63) is 96.6 Å². The third-order valence-corrected chi connectivity index (χ3v) is 7.10. The summed E-state index contributed by atoms with van der Waals surface area (Å²) >= 11 is 0. The summed E-state index contributed by atoms with van der Waals surface area (Å²) in [5.74, 6) is 0. The average molecular weight is 484 g/mol. The van der Waals surface area contributed by atoms with E-state index in [1.54, 1.807) is 12.4 Å². The Balaban J connectivity index is 1.26. The lowest BCUT2D eigenvalue weighted by Crippen LogP contribution is -2.36. The van der Waals surface area contributed by atoms with Crippen LogP contribution >= 0.6 is 0 Å². The molecular formula is C30H25N7. The van der Waals surface area contributed by atoms with E-state index < -0.39 is 0 Å². The number of likely N-dealkylation sites (tertiary alicyclic amines) is 1. The van der Waals surface area contributed by atoms with E-state index in [9.17, 15) is 0 Å². The first-order chi connectivity index (χ1) is 18.2. The zero-order valence-corrected chi connectivity index (χ0v) is 20.5. The summed E-state index contributed by atoms with van der Waals surface area (Å²) in [6.07, 6.45) is 6.75. The van der Waals surface area contributed by atoms with Crippen LogP contribution < -0.4 is 0 Å². The fourth-order valence-electron chi connectivity index (χ4n) is 4.97. The normalized spacial score (nSPS) is 13.8. The summed E-state index contributed by atoms with van der Waals surface area (Å²) in [7, 11) is 0. The predicted molar refractivity (Wildman–Crippen MR) is 145 cm³/mol. The van der Waals surface area contributed by atoms with E-state index >= 15 is 0 Å². The number of fused-ring (bicyclic) bond motifs is 2. The quantitative estimate of drug-likeness (QED) is 0.319. The number of aromatic nitrogens is 6. The molecule has 0 N–H and O–H groups in total. The molecule has 180 valence electrons. The highest BCUT2D eigenvalue weighted by molar-refractivity contribution is 5.93.